The van der Waals surface area contributed by atoms with Gasteiger partial charge in [-0.3, -0.25) is 14.6 Å². The summed E-state index contributed by atoms with van der Waals surface area (Å²) >= 11 is 0. The van der Waals surface area contributed by atoms with E-state index in [1.165, 1.54) is 33.4 Å². The number of ether oxygens (including phenoxy) is 3. The number of methoxy groups -OCH3 is 2. The Labute approximate surface area is 143 Å². The van der Waals surface area contributed by atoms with Gasteiger partial charge < -0.3 is 14.2 Å². The number of rotatable bonds is 6. The normalized spacial score (nSPS) is 10.6. The van der Waals surface area contributed by atoms with Gasteiger partial charge in [0.2, 0.25) is 11.7 Å². The number of aromatic nitrogens is 2. The van der Waals surface area contributed by atoms with Gasteiger partial charge in [-0.05, 0) is 19.1 Å². The molecule has 0 bridgehead atoms. The van der Waals surface area contributed by atoms with Crippen molar-refractivity contribution >= 4 is 18.1 Å². The topological polar surface area (TPSA) is 115 Å². The molecule has 9 nitrogen and oxygen atoms in total. The Morgan fingerprint density at radius 1 is 1.24 bits per heavy atom. The van der Waals surface area contributed by atoms with E-state index in [0.717, 1.165) is 0 Å². The molecule has 0 saturated carbocycles. The zero-order chi connectivity index (χ0) is 18.4. The third kappa shape index (κ3) is 4.80. The Morgan fingerprint density at radius 2 is 1.88 bits per heavy atom. The lowest BCUT2D eigenvalue weighted by atomic mass is 10.2. The summed E-state index contributed by atoms with van der Waals surface area (Å²) in [6, 6.07) is 4.62. The maximum absolute atomic E-state index is 11.4. The minimum Gasteiger partial charge on any atom is -0.493 e. The number of carbonyl (C=O) groups excluding carboxylic acids is 1. The van der Waals surface area contributed by atoms with E-state index in [0.29, 0.717) is 22.8 Å². The summed E-state index contributed by atoms with van der Waals surface area (Å²) in [7, 11) is 2.89. The molecular formula is C16H18N4O5. The van der Waals surface area contributed by atoms with Crippen molar-refractivity contribution in [2.24, 2.45) is 5.10 Å². The number of benzene rings is 1. The summed E-state index contributed by atoms with van der Waals surface area (Å²) in [4.78, 5) is 29.2. The van der Waals surface area contributed by atoms with Crippen LogP contribution in [0.15, 0.2) is 28.1 Å². The van der Waals surface area contributed by atoms with E-state index in [4.69, 9.17) is 14.2 Å². The Balaban J connectivity index is 2.26. The van der Waals surface area contributed by atoms with Crippen LogP contribution in [0.3, 0.4) is 0 Å². The quantitative estimate of drug-likeness (QED) is 0.352. The lowest BCUT2D eigenvalue weighted by Gasteiger charge is -2.13. The van der Waals surface area contributed by atoms with Crippen LogP contribution in [0.2, 0.25) is 0 Å². The third-order valence-corrected chi connectivity index (χ3v) is 2.98. The number of nitrogens with one attached hydrogen (secondary N) is 2. The summed E-state index contributed by atoms with van der Waals surface area (Å²) in [5.41, 5.74) is 3.54. The summed E-state index contributed by atoms with van der Waals surface area (Å²) in [5.74, 6) is 0.550. The van der Waals surface area contributed by atoms with Gasteiger partial charge in [-0.1, -0.05) is 0 Å². The predicted molar refractivity (Wildman–Crippen MR) is 91.7 cm³/mol. The van der Waals surface area contributed by atoms with Crippen molar-refractivity contribution in [3.8, 4) is 17.2 Å². The van der Waals surface area contributed by atoms with Crippen molar-refractivity contribution < 1.29 is 19.0 Å². The molecule has 0 atom stereocenters. The van der Waals surface area contributed by atoms with E-state index < -0.39 is 5.97 Å². The van der Waals surface area contributed by atoms with Gasteiger partial charge >= 0.3 is 5.97 Å². The molecule has 0 aliphatic rings. The minimum atomic E-state index is -0.492. The van der Waals surface area contributed by atoms with Gasteiger partial charge in [0.15, 0.2) is 11.5 Å². The average molecular weight is 346 g/mol. The Kier molecular flexibility index (Phi) is 5.72. The molecular weight excluding hydrogens is 328 g/mol. The first-order valence-corrected chi connectivity index (χ1v) is 7.24. The predicted octanol–water partition coefficient (Wildman–Crippen LogP) is 1.47. The lowest BCUT2D eigenvalue weighted by Crippen LogP contribution is -2.10. The number of hydrogen-bond acceptors (Lipinski definition) is 8. The van der Waals surface area contributed by atoms with Crippen molar-refractivity contribution in [1.29, 1.82) is 0 Å². The van der Waals surface area contributed by atoms with Crippen LogP contribution in [0.1, 0.15) is 18.2 Å². The molecule has 2 aromatic rings. The van der Waals surface area contributed by atoms with Crippen molar-refractivity contribution in [3.05, 3.63) is 39.8 Å². The maximum atomic E-state index is 11.4. The Hall–Kier alpha value is -3.36. The van der Waals surface area contributed by atoms with Crippen LogP contribution in [-0.4, -0.2) is 36.4 Å². The summed E-state index contributed by atoms with van der Waals surface area (Å²) in [6.45, 7) is 2.99. The van der Waals surface area contributed by atoms with Gasteiger partial charge in [0.25, 0.3) is 5.56 Å². The average Bonchev–Trinajstić information content (AvgIpc) is 2.54. The number of hydrogen-bond donors (Lipinski definition) is 2. The van der Waals surface area contributed by atoms with E-state index >= 15 is 0 Å². The molecule has 132 valence electrons. The van der Waals surface area contributed by atoms with Gasteiger partial charge in [-0.15, -0.1) is 0 Å². The molecule has 9 heteroatoms. The highest BCUT2D eigenvalue weighted by Crippen LogP contribution is 2.38. The number of aryl methyl sites for hydroxylation is 1. The van der Waals surface area contributed by atoms with E-state index in [9.17, 15) is 9.59 Å². The van der Waals surface area contributed by atoms with Gasteiger partial charge in [-0.2, -0.15) is 5.10 Å². The van der Waals surface area contributed by atoms with Crippen molar-refractivity contribution in [2.75, 3.05) is 19.6 Å². The number of aromatic amines is 1. The van der Waals surface area contributed by atoms with Crippen molar-refractivity contribution in [1.82, 2.24) is 9.97 Å². The van der Waals surface area contributed by atoms with Crippen LogP contribution >= 0.6 is 0 Å². The first-order chi connectivity index (χ1) is 11.9. The fraction of sp³-hybridized carbons (Fsp3) is 0.250. The van der Waals surface area contributed by atoms with Crippen LogP contribution in [0.4, 0.5) is 5.95 Å². The minimum absolute atomic E-state index is 0.187. The molecule has 2 N–H and O–H groups in total. The molecule has 1 aromatic carbocycles. The fourth-order valence-corrected chi connectivity index (χ4v) is 2.02. The molecule has 0 fully saturated rings. The summed E-state index contributed by atoms with van der Waals surface area (Å²) < 4.78 is 15.6. The number of anilines is 1. The first kappa shape index (κ1) is 18.0. The zero-order valence-electron chi connectivity index (χ0n) is 14.2. The molecule has 0 aliphatic heterocycles. The molecule has 1 aromatic heterocycles. The van der Waals surface area contributed by atoms with Gasteiger partial charge in [0.05, 0.1) is 20.4 Å². The lowest BCUT2D eigenvalue weighted by molar-refractivity contribution is -0.132. The summed E-state index contributed by atoms with van der Waals surface area (Å²) in [5, 5.41) is 4.01. The molecule has 0 unspecified atom stereocenters. The van der Waals surface area contributed by atoms with Gasteiger partial charge in [-0.25, -0.2) is 10.4 Å². The highest BCUT2D eigenvalue weighted by molar-refractivity contribution is 5.83. The maximum Gasteiger partial charge on any atom is 0.308 e. The third-order valence-electron chi connectivity index (χ3n) is 2.98. The second-order valence-corrected chi connectivity index (χ2v) is 4.95. The van der Waals surface area contributed by atoms with Gasteiger partial charge in [0.1, 0.15) is 0 Å². The molecule has 1 heterocycles. The molecule has 0 amide bonds. The van der Waals surface area contributed by atoms with Crippen LogP contribution in [0.5, 0.6) is 17.2 Å². The van der Waals surface area contributed by atoms with E-state index in [1.54, 1.807) is 19.1 Å². The molecule has 0 saturated heterocycles. The fourth-order valence-electron chi connectivity index (χ4n) is 2.02. The van der Waals surface area contributed by atoms with Crippen LogP contribution in [-0.2, 0) is 4.79 Å². The number of hydrazone groups is 1. The second-order valence-electron chi connectivity index (χ2n) is 4.95. The van der Waals surface area contributed by atoms with E-state index in [1.807, 2.05) is 0 Å². The monoisotopic (exact) mass is 346 g/mol. The Bertz CT molecular complexity index is 835. The van der Waals surface area contributed by atoms with E-state index in [-0.39, 0.29) is 17.3 Å². The molecule has 25 heavy (non-hydrogen) atoms. The van der Waals surface area contributed by atoms with Crippen LogP contribution in [0.25, 0.3) is 0 Å². The molecule has 0 spiro atoms. The molecule has 0 radical (unpaired) electrons. The zero-order valence-corrected chi connectivity index (χ0v) is 14.2. The highest BCUT2D eigenvalue weighted by atomic mass is 16.6. The SMILES string of the molecule is COc1cc(/C=N/Nc2nc(C)cc(=O)[nH]2)cc(OC)c1OC(C)=O. The number of carbonyl (C=O) groups is 1. The number of nitrogens with zero attached hydrogens (tertiary/aromatic N) is 2. The van der Waals surface area contributed by atoms with Crippen LogP contribution < -0.4 is 25.2 Å². The van der Waals surface area contributed by atoms with Crippen molar-refractivity contribution in [2.45, 2.75) is 13.8 Å². The second kappa shape index (κ2) is 7.95. The Morgan fingerprint density at radius 3 is 2.40 bits per heavy atom. The largest absolute Gasteiger partial charge is 0.493 e. The smallest absolute Gasteiger partial charge is 0.308 e. The molecule has 2 rings (SSSR count). The van der Waals surface area contributed by atoms with Crippen molar-refractivity contribution in [3.63, 3.8) is 0 Å². The number of esters is 1. The summed E-state index contributed by atoms with van der Waals surface area (Å²) in [6.07, 6.45) is 1.48. The van der Waals surface area contributed by atoms with E-state index in [2.05, 4.69) is 20.5 Å². The molecule has 0 aliphatic carbocycles. The standard InChI is InChI=1S/C16H18N4O5/c1-9-5-14(22)19-16(18-9)20-17-8-11-6-12(23-3)15(25-10(2)21)13(7-11)24-4/h5-8H,1-4H3,(H2,18,19,20,22)/b17-8+. The van der Waals surface area contributed by atoms with Gasteiger partial charge in [0, 0.05) is 24.2 Å². The number of H-pyrrole nitrogens is 1. The first-order valence-electron chi connectivity index (χ1n) is 7.24. The van der Waals surface area contributed by atoms with Crippen LogP contribution in [0, 0.1) is 6.92 Å². The highest BCUT2D eigenvalue weighted by Gasteiger charge is 2.15.